The summed E-state index contributed by atoms with van der Waals surface area (Å²) in [6.07, 6.45) is 0. The van der Waals surface area contributed by atoms with Crippen molar-refractivity contribution in [2.24, 2.45) is 0 Å². The highest BCUT2D eigenvalue weighted by atomic mass is 79.9. The summed E-state index contributed by atoms with van der Waals surface area (Å²) in [5.41, 5.74) is 0. The van der Waals surface area contributed by atoms with Gasteiger partial charge in [0.05, 0.1) is 5.88 Å². The summed E-state index contributed by atoms with van der Waals surface area (Å²) < 4.78 is 3.46. The molecule has 0 aliphatic carbocycles. The molecule has 0 fully saturated rings. The molecule has 1 aromatic heterocycles. The van der Waals surface area contributed by atoms with Crippen molar-refractivity contribution in [3.05, 3.63) is 32.0 Å². The zero-order chi connectivity index (χ0) is 9.42. The van der Waals surface area contributed by atoms with Crippen LogP contribution in [0.4, 0.5) is 0 Å². The summed E-state index contributed by atoms with van der Waals surface area (Å²) in [7, 11) is 0. The predicted molar refractivity (Wildman–Crippen MR) is 66.8 cm³/mol. The summed E-state index contributed by atoms with van der Waals surface area (Å²) in [5.74, 6) is 0.587. The van der Waals surface area contributed by atoms with Crippen LogP contribution < -0.4 is 0 Å². The van der Waals surface area contributed by atoms with Crippen LogP contribution in [0.25, 0.3) is 10.1 Å². The molecule has 0 bridgehead atoms. The predicted octanol–water partition coefficient (Wildman–Crippen LogP) is 5.17. The van der Waals surface area contributed by atoms with Gasteiger partial charge in [0, 0.05) is 23.9 Å². The normalized spacial score (nSPS) is 11.0. The van der Waals surface area contributed by atoms with Gasteiger partial charge in [0.2, 0.25) is 0 Å². The first-order valence-corrected chi connectivity index (χ1v) is 6.58. The van der Waals surface area contributed by atoms with Crippen molar-refractivity contribution in [3.8, 4) is 0 Å². The number of hydrogen-bond acceptors (Lipinski definition) is 1. The number of fused-ring (bicyclic) bond motifs is 1. The minimum Gasteiger partial charge on any atom is -0.139 e. The van der Waals surface area contributed by atoms with Crippen LogP contribution in [0.1, 0.15) is 4.88 Å². The Morgan fingerprint density at radius 1 is 1.31 bits per heavy atom. The van der Waals surface area contributed by atoms with Crippen LogP contribution in [-0.2, 0) is 5.88 Å². The van der Waals surface area contributed by atoms with Crippen molar-refractivity contribution in [3.63, 3.8) is 0 Å². The monoisotopic (exact) mass is 338 g/mol. The summed E-state index contributed by atoms with van der Waals surface area (Å²) in [6, 6.07) is 6.27. The maximum atomic E-state index is 5.77. The van der Waals surface area contributed by atoms with E-state index < -0.39 is 0 Å². The molecule has 1 heterocycles. The van der Waals surface area contributed by atoms with Gasteiger partial charge in [-0.25, -0.2) is 0 Å². The topological polar surface area (TPSA) is 0 Å². The van der Waals surface area contributed by atoms with Crippen molar-refractivity contribution in [1.29, 1.82) is 0 Å². The number of rotatable bonds is 1. The van der Waals surface area contributed by atoms with Gasteiger partial charge in [-0.15, -0.1) is 22.9 Å². The summed E-state index contributed by atoms with van der Waals surface area (Å²) >= 11 is 14.5. The second-order valence-electron chi connectivity index (χ2n) is 2.62. The van der Waals surface area contributed by atoms with Crippen LogP contribution in [0.3, 0.4) is 0 Å². The van der Waals surface area contributed by atoms with Crippen LogP contribution in [-0.4, -0.2) is 0 Å². The van der Waals surface area contributed by atoms with Gasteiger partial charge in [0.1, 0.15) is 0 Å². The van der Waals surface area contributed by atoms with Gasteiger partial charge in [-0.05, 0) is 50.1 Å². The average molecular weight is 340 g/mol. The molecular formula is C9H5Br2ClS. The molecule has 2 rings (SSSR count). The number of thiophene rings is 1. The van der Waals surface area contributed by atoms with Crippen LogP contribution >= 0.6 is 54.8 Å². The Kier molecular flexibility index (Phi) is 2.98. The van der Waals surface area contributed by atoms with E-state index in [0.717, 1.165) is 8.95 Å². The number of halogens is 3. The molecule has 13 heavy (non-hydrogen) atoms. The van der Waals surface area contributed by atoms with Crippen molar-refractivity contribution >= 4 is 64.9 Å². The average Bonchev–Trinajstić information content (AvgIpc) is 2.55. The lowest BCUT2D eigenvalue weighted by atomic mass is 10.2. The van der Waals surface area contributed by atoms with Crippen molar-refractivity contribution in [2.45, 2.75) is 5.88 Å². The van der Waals surface area contributed by atoms with E-state index in [1.54, 1.807) is 11.3 Å². The molecule has 0 radical (unpaired) electrons. The Bertz CT molecular complexity index is 450. The minimum absolute atomic E-state index is 0.587. The molecule has 0 aliphatic rings. The van der Waals surface area contributed by atoms with Gasteiger partial charge in [0.25, 0.3) is 0 Å². The fourth-order valence-corrected chi connectivity index (χ4v) is 3.27. The largest absolute Gasteiger partial charge is 0.139 e. The van der Waals surface area contributed by atoms with Gasteiger partial charge in [0.15, 0.2) is 0 Å². The molecule has 0 saturated carbocycles. The Morgan fingerprint density at radius 2 is 2.08 bits per heavy atom. The highest BCUT2D eigenvalue weighted by Gasteiger charge is 2.06. The first-order valence-electron chi connectivity index (χ1n) is 3.65. The number of benzene rings is 1. The highest BCUT2D eigenvalue weighted by Crippen LogP contribution is 2.36. The second-order valence-corrected chi connectivity index (χ2v) is 5.70. The molecule has 0 unspecified atom stereocenters. The van der Waals surface area contributed by atoms with Gasteiger partial charge >= 0.3 is 0 Å². The Morgan fingerprint density at radius 3 is 2.77 bits per heavy atom. The third-order valence-corrected chi connectivity index (χ3v) is 5.36. The Labute approximate surface area is 102 Å². The van der Waals surface area contributed by atoms with Gasteiger partial charge in [-0.1, -0.05) is 0 Å². The summed E-state index contributed by atoms with van der Waals surface area (Å²) in [6.45, 7) is 0. The SMILES string of the molecule is ClCc1cc2c(Br)c(Br)ccc2s1. The van der Waals surface area contributed by atoms with Crippen molar-refractivity contribution < 1.29 is 0 Å². The zero-order valence-corrected chi connectivity index (χ0v) is 11.2. The molecule has 0 atom stereocenters. The van der Waals surface area contributed by atoms with Crippen LogP contribution in [0, 0.1) is 0 Å². The molecule has 0 nitrogen and oxygen atoms in total. The van der Waals surface area contributed by atoms with E-state index in [9.17, 15) is 0 Å². The Balaban J connectivity index is 2.76. The lowest BCUT2D eigenvalue weighted by Crippen LogP contribution is -1.69. The second kappa shape index (κ2) is 3.89. The third-order valence-electron chi connectivity index (χ3n) is 1.77. The smallest absolute Gasteiger partial charge is 0.0568 e. The van der Waals surface area contributed by atoms with Crippen LogP contribution in [0.15, 0.2) is 27.1 Å². The maximum absolute atomic E-state index is 5.77. The molecule has 2 aromatic rings. The van der Waals surface area contributed by atoms with Crippen LogP contribution in [0.5, 0.6) is 0 Å². The molecule has 68 valence electrons. The minimum atomic E-state index is 0.587. The molecule has 0 aliphatic heterocycles. The first kappa shape index (κ1) is 9.97. The zero-order valence-electron chi connectivity index (χ0n) is 6.48. The lowest BCUT2D eigenvalue weighted by molar-refractivity contribution is 1.54. The van der Waals surface area contributed by atoms with Gasteiger partial charge in [-0.3, -0.25) is 0 Å². The van der Waals surface area contributed by atoms with E-state index in [2.05, 4.69) is 44.0 Å². The molecule has 0 N–H and O–H groups in total. The molecule has 0 saturated heterocycles. The molecule has 0 spiro atoms. The maximum Gasteiger partial charge on any atom is 0.0568 e. The third kappa shape index (κ3) is 1.80. The lowest BCUT2D eigenvalue weighted by Gasteiger charge is -1.95. The fourth-order valence-electron chi connectivity index (χ4n) is 1.17. The number of hydrogen-bond donors (Lipinski definition) is 0. The van der Waals surface area contributed by atoms with E-state index in [1.807, 2.05) is 6.07 Å². The molecule has 0 amide bonds. The van der Waals surface area contributed by atoms with Crippen LogP contribution in [0.2, 0.25) is 0 Å². The quantitative estimate of drug-likeness (QED) is 0.629. The van der Waals surface area contributed by atoms with E-state index in [1.165, 1.54) is 15.0 Å². The number of alkyl halides is 1. The van der Waals surface area contributed by atoms with Gasteiger partial charge in [-0.2, -0.15) is 0 Å². The van der Waals surface area contributed by atoms with E-state index in [4.69, 9.17) is 11.6 Å². The fraction of sp³-hybridized carbons (Fsp3) is 0.111. The molecular weight excluding hydrogens is 335 g/mol. The summed E-state index contributed by atoms with van der Waals surface area (Å²) in [5, 5.41) is 1.23. The first-order chi connectivity index (χ1) is 6.22. The highest BCUT2D eigenvalue weighted by molar-refractivity contribution is 9.13. The van der Waals surface area contributed by atoms with Crippen molar-refractivity contribution in [1.82, 2.24) is 0 Å². The van der Waals surface area contributed by atoms with E-state index in [0.29, 0.717) is 5.88 Å². The molecule has 4 heteroatoms. The standard InChI is InChI=1S/C9H5Br2ClS/c10-7-1-2-8-6(9(7)11)3-5(4-12)13-8/h1-3H,4H2. The Hall–Kier alpha value is 0.430. The summed E-state index contributed by atoms with van der Waals surface area (Å²) in [4.78, 5) is 1.20. The van der Waals surface area contributed by atoms with Gasteiger partial charge < -0.3 is 0 Å². The molecule has 1 aromatic carbocycles. The van der Waals surface area contributed by atoms with Crippen molar-refractivity contribution in [2.75, 3.05) is 0 Å². The van der Waals surface area contributed by atoms with E-state index in [-0.39, 0.29) is 0 Å². The van der Waals surface area contributed by atoms with E-state index >= 15 is 0 Å².